The Balaban J connectivity index is 1.83. The second-order valence-corrected chi connectivity index (χ2v) is 8.65. The van der Waals surface area contributed by atoms with Crippen LogP contribution < -0.4 is 9.64 Å². The van der Waals surface area contributed by atoms with Crippen molar-refractivity contribution in [3.63, 3.8) is 0 Å². The number of ether oxygens (including phenoxy) is 1. The lowest BCUT2D eigenvalue weighted by Gasteiger charge is -2.40. The van der Waals surface area contributed by atoms with Crippen molar-refractivity contribution in [1.82, 2.24) is 4.31 Å². The molecule has 1 aliphatic rings. The van der Waals surface area contributed by atoms with Crippen LogP contribution in [-0.4, -0.2) is 44.8 Å². The summed E-state index contributed by atoms with van der Waals surface area (Å²) in [7, 11) is -4.13. The van der Waals surface area contributed by atoms with Crippen LogP contribution in [0.15, 0.2) is 53.4 Å². The molecule has 0 bridgehead atoms. The first-order chi connectivity index (χ1) is 13.1. The van der Waals surface area contributed by atoms with Crippen molar-refractivity contribution in [1.29, 1.82) is 0 Å². The number of benzene rings is 2. The molecule has 0 amide bonds. The molecule has 0 radical (unpaired) electrons. The molecule has 0 aliphatic carbocycles. The standard InChI is InChI=1S/C19H21F3N2O3S/c1-14-6-5-7-16(12-14)24-11-10-23(13-15(24)2)28(25,26)18-9-4-3-8-17(18)27-19(20,21)22/h3-9,12,15H,10-11,13H2,1-2H3. The van der Waals surface area contributed by atoms with Gasteiger partial charge in [0.05, 0.1) is 0 Å². The SMILES string of the molecule is Cc1cccc(N2CCN(S(=O)(=O)c3ccccc3OC(F)(F)F)CC2C)c1. The van der Waals surface area contributed by atoms with E-state index in [0.717, 1.165) is 23.4 Å². The molecule has 1 atom stereocenters. The van der Waals surface area contributed by atoms with E-state index in [1.54, 1.807) is 0 Å². The van der Waals surface area contributed by atoms with Crippen molar-refractivity contribution in [3.05, 3.63) is 54.1 Å². The average Bonchev–Trinajstić information content (AvgIpc) is 2.60. The number of sulfonamides is 1. The summed E-state index contributed by atoms with van der Waals surface area (Å²) in [5.74, 6) is -0.719. The molecule has 5 nitrogen and oxygen atoms in total. The highest BCUT2D eigenvalue weighted by atomic mass is 32.2. The monoisotopic (exact) mass is 414 g/mol. The summed E-state index contributed by atoms with van der Waals surface area (Å²) in [5, 5.41) is 0. The van der Waals surface area contributed by atoms with Gasteiger partial charge in [-0.1, -0.05) is 24.3 Å². The van der Waals surface area contributed by atoms with E-state index in [1.807, 2.05) is 38.1 Å². The maximum absolute atomic E-state index is 13.0. The highest BCUT2D eigenvalue weighted by molar-refractivity contribution is 7.89. The van der Waals surface area contributed by atoms with Crippen molar-refractivity contribution >= 4 is 15.7 Å². The molecule has 0 spiro atoms. The van der Waals surface area contributed by atoms with Crippen LogP contribution in [0, 0.1) is 6.92 Å². The Morgan fingerprint density at radius 1 is 1.07 bits per heavy atom. The van der Waals surface area contributed by atoms with Crippen LogP contribution in [0.2, 0.25) is 0 Å². The normalized spacial score (nSPS) is 18.9. The third kappa shape index (κ3) is 4.41. The summed E-state index contributed by atoms with van der Waals surface area (Å²) < 4.78 is 69.1. The summed E-state index contributed by atoms with van der Waals surface area (Å²) in [6.45, 7) is 4.64. The number of hydrogen-bond acceptors (Lipinski definition) is 4. The van der Waals surface area contributed by atoms with Crippen molar-refractivity contribution < 1.29 is 26.3 Å². The zero-order valence-electron chi connectivity index (χ0n) is 15.5. The number of rotatable bonds is 4. The minimum atomic E-state index is -4.97. The zero-order valence-corrected chi connectivity index (χ0v) is 16.3. The highest BCUT2D eigenvalue weighted by Crippen LogP contribution is 2.32. The zero-order chi connectivity index (χ0) is 20.5. The van der Waals surface area contributed by atoms with Gasteiger partial charge in [-0.2, -0.15) is 4.31 Å². The van der Waals surface area contributed by atoms with Crippen molar-refractivity contribution in [2.75, 3.05) is 24.5 Å². The molecule has 1 fully saturated rings. The molecule has 9 heteroatoms. The number of hydrogen-bond donors (Lipinski definition) is 0. The van der Waals surface area contributed by atoms with Crippen LogP contribution in [0.4, 0.5) is 18.9 Å². The molecule has 2 aromatic carbocycles. The van der Waals surface area contributed by atoms with Gasteiger partial charge in [0.1, 0.15) is 10.6 Å². The molecule has 152 valence electrons. The second-order valence-electron chi connectivity index (χ2n) is 6.74. The van der Waals surface area contributed by atoms with Crippen molar-refractivity contribution in [3.8, 4) is 5.75 Å². The van der Waals surface area contributed by atoms with Crippen LogP contribution >= 0.6 is 0 Å². The maximum Gasteiger partial charge on any atom is 0.573 e. The second kappa shape index (κ2) is 7.63. The van der Waals surface area contributed by atoms with E-state index >= 15 is 0 Å². The van der Waals surface area contributed by atoms with Crippen LogP contribution in [0.25, 0.3) is 0 Å². The molecule has 0 saturated carbocycles. The molecule has 1 unspecified atom stereocenters. The van der Waals surface area contributed by atoms with Gasteiger partial charge in [0.2, 0.25) is 10.0 Å². The van der Waals surface area contributed by atoms with Gasteiger partial charge in [-0.3, -0.25) is 0 Å². The Labute approximate surface area is 162 Å². The van der Waals surface area contributed by atoms with Gasteiger partial charge < -0.3 is 9.64 Å². The maximum atomic E-state index is 13.0. The van der Waals surface area contributed by atoms with Crippen molar-refractivity contribution in [2.24, 2.45) is 0 Å². The third-order valence-electron chi connectivity index (χ3n) is 4.62. The van der Waals surface area contributed by atoms with E-state index in [9.17, 15) is 21.6 Å². The van der Waals surface area contributed by atoms with Crippen LogP contribution in [0.3, 0.4) is 0 Å². The lowest BCUT2D eigenvalue weighted by Crippen LogP contribution is -2.53. The summed E-state index contributed by atoms with van der Waals surface area (Å²) in [6, 6.07) is 12.6. The lowest BCUT2D eigenvalue weighted by molar-refractivity contribution is -0.275. The van der Waals surface area contributed by atoms with Crippen molar-refractivity contribution in [2.45, 2.75) is 31.1 Å². The fraction of sp³-hybridized carbons (Fsp3) is 0.368. The van der Waals surface area contributed by atoms with Gasteiger partial charge in [0.25, 0.3) is 0 Å². The molecule has 2 aromatic rings. The van der Waals surface area contributed by atoms with Gasteiger partial charge in [-0.05, 0) is 43.7 Å². The predicted octanol–water partition coefficient (Wildman–Crippen LogP) is 3.79. The molecule has 28 heavy (non-hydrogen) atoms. The van der Waals surface area contributed by atoms with Gasteiger partial charge in [-0.15, -0.1) is 13.2 Å². The topological polar surface area (TPSA) is 49.9 Å². The van der Waals surface area contributed by atoms with Gasteiger partial charge in [0.15, 0.2) is 0 Å². The van der Waals surface area contributed by atoms with Crippen LogP contribution in [0.1, 0.15) is 12.5 Å². The van der Waals surface area contributed by atoms with Gasteiger partial charge >= 0.3 is 6.36 Å². The average molecular weight is 414 g/mol. The number of alkyl halides is 3. The van der Waals surface area contributed by atoms with E-state index in [-0.39, 0.29) is 19.1 Å². The van der Waals surface area contributed by atoms with Gasteiger partial charge in [0, 0.05) is 31.4 Å². The Bertz CT molecular complexity index is 947. The number of nitrogens with zero attached hydrogens (tertiary/aromatic N) is 2. The Morgan fingerprint density at radius 3 is 2.43 bits per heavy atom. The smallest absolute Gasteiger partial charge is 0.404 e. The quantitative estimate of drug-likeness (QED) is 0.764. The summed E-state index contributed by atoms with van der Waals surface area (Å²) >= 11 is 0. The molecule has 0 aromatic heterocycles. The molecular formula is C19H21F3N2O3S. The molecule has 1 heterocycles. The minimum Gasteiger partial charge on any atom is -0.404 e. The first kappa shape index (κ1) is 20.5. The molecule has 0 N–H and O–H groups in total. The van der Waals surface area contributed by atoms with Gasteiger partial charge in [-0.25, -0.2) is 8.42 Å². The number of piperazine rings is 1. The summed E-state index contributed by atoms with van der Waals surface area (Å²) in [5.41, 5.74) is 2.09. The van der Waals surface area contributed by atoms with E-state index in [0.29, 0.717) is 6.54 Å². The summed E-state index contributed by atoms with van der Waals surface area (Å²) in [6.07, 6.45) is -4.97. The highest BCUT2D eigenvalue weighted by Gasteiger charge is 2.37. The molecular weight excluding hydrogens is 393 g/mol. The fourth-order valence-corrected chi connectivity index (χ4v) is 4.97. The van der Waals surface area contributed by atoms with E-state index in [1.165, 1.54) is 16.4 Å². The van der Waals surface area contributed by atoms with Crippen LogP contribution in [-0.2, 0) is 10.0 Å². The largest absolute Gasteiger partial charge is 0.573 e. The fourth-order valence-electron chi connectivity index (χ4n) is 3.34. The Kier molecular flexibility index (Phi) is 5.58. The number of para-hydroxylation sites is 1. The predicted molar refractivity (Wildman–Crippen MR) is 99.9 cm³/mol. The summed E-state index contributed by atoms with van der Waals surface area (Å²) in [4.78, 5) is 1.61. The van der Waals surface area contributed by atoms with E-state index in [2.05, 4.69) is 9.64 Å². The first-order valence-corrected chi connectivity index (χ1v) is 10.2. The number of halogens is 3. The Morgan fingerprint density at radius 2 is 1.79 bits per heavy atom. The van der Waals surface area contributed by atoms with E-state index in [4.69, 9.17) is 0 Å². The number of aryl methyl sites for hydroxylation is 1. The van der Waals surface area contributed by atoms with Crippen LogP contribution in [0.5, 0.6) is 5.75 Å². The lowest BCUT2D eigenvalue weighted by atomic mass is 10.1. The molecule has 3 rings (SSSR count). The minimum absolute atomic E-state index is 0.138. The third-order valence-corrected chi connectivity index (χ3v) is 6.52. The van der Waals surface area contributed by atoms with E-state index < -0.39 is 27.0 Å². The number of anilines is 1. The first-order valence-electron chi connectivity index (χ1n) is 8.76. The molecule has 1 aliphatic heterocycles. The Hall–Kier alpha value is -2.26. The molecule has 1 saturated heterocycles.